The fourth-order valence-electron chi connectivity index (χ4n) is 1.20. The van der Waals surface area contributed by atoms with E-state index in [0.717, 1.165) is 0 Å². The van der Waals surface area contributed by atoms with E-state index in [9.17, 15) is 9.59 Å². The number of methoxy groups -OCH3 is 1. The first-order valence-corrected chi connectivity index (χ1v) is 6.25. The van der Waals surface area contributed by atoms with Crippen LogP contribution < -0.4 is 0 Å². The summed E-state index contributed by atoms with van der Waals surface area (Å²) in [6.45, 7) is 1.74. The number of esters is 1. The van der Waals surface area contributed by atoms with Gasteiger partial charge in [0, 0.05) is 10.0 Å². The number of carbonyl (C=O) groups excluding carboxylic acids is 2. The maximum atomic E-state index is 11.8. The lowest BCUT2D eigenvalue weighted by atomic mass is 10.1. The second-order valence-corrected chi connectivity index (χ2v) is 5.31. The number of Topliss-reactive ketones (excluding diaryl/α,β-unsaturated/α-hetero) is 1. The molecule has 16 heavy (non-hydrogen) atoms. The fraction of sp³-hybridized carbons (Fsp3) is 0.273. The van der Waals surface area contributed by atoms with Gasteiger partial charge in [0.2, 0.25) is 0 Å². The number of ketones is 1. The van der Waals surface area contributed by atoms with E-state index >= 15 is 0 Å². The monoisotopic (exact) mass is 348 g/mol. The minimum absolute atomic E-state index is 0.0855. The van der Waals surface area contributed by atoms with Gasteiger partial charge in [-0.2, -0.15) is 0 Å². The lowest BCUT2D eigenvalue weighted by Crippen LogP contribution is -2.13. The van der Waals surface area contributed by atoms with Crippen molar-refractivity contribution in [1.82, 2.24) is 0 Å². The summed E-state index contributed by atoms with van der Waals surface area (Å²) in [6, 6.07) is 4.92. The fourth-order valence-corrected chi connectivity index (χ4v) is 2.07. The van der Waals surface area contributed by atoms with Crippen LogP contribution in [0.2, 0.25) is 0 Å². The summed E-state index contributed by atoms with van der Waals surface area (Å²) in [5.74, 6) is -0.554. The summed E-state index contributed by atoms with van der Waals surface area (Å²) in [5, 5.41) is 0. The van der Waals surface area contributed by atoms with Gasteiger partial charge in [-0.25, -0.2) is 4.79 Å². The summed E-state index contributed by atoms with van der Waals surface area (Å²) in [4.78, 5) is 22.9. The molecule has 0 fully saturated rings. The van der Waals surface area contributed by atoms with Gasteiger partial charge in [0.15, 0.2) is 5.78 Å². The van der Waals surface area contributed by atoms with Gasteiger partial charge in [-0.15, -0.1) is 0 Å². The average molecular weight is 350 g/mol. The minimum Gasteiger partial charge on any atom is -0.465 e. The third kappa shape index (κ3) is 2.71. The summed E-state index contributed by atoms with van der Waals surface area (Å²) in [5.41, 5.74) is 0.814. The third-order valence-corrected chi connectivity index (χ3v) is 3.30. The van der Waals surface area contributed by atoms with Crippen LogP contribution in [0.4, 0.5) is 0 Å². The van der Waals surface area contributed by atoms with Crippen molar-refractivity contribution in [1.29, 1.82) is 0 Å². The standard InChI is InChI=1S/C11H10Br2O3/c1-6(12)10(14)7-4-3-5-8(9(7)13)11(15)16-2/h3-6H,1-2H3. The predicted octanol–water partition coefficient (Wildman–Crippen LogP) is 3.20. The topological polar surface area (TPSA) is 43.4 Å². The van der Waals surface area contributed by atoms with E-state index in [4.69, 9.17) is 0 Å². The number of rotatable bonds is 3. The highest BCUT2D eigenvalue weighted by Gasteiger charge is 2.19. The highest BCUT2D eigenvalue weighted by molar-refractivity contribution is 9.10. The zero-order valence-electron chi connectivity index (χ0n) is 8.79. The Bertz CT molecular complexity index is 427. The molecule has 0 radical (unpaired) electrons. The van der Waals surface area contributed by atoms with Gasteiger partial charge >= 0.3 is 5.97 Å². The van der Waals surface area contributed by atoms with Crippen LogP contribution in [-0.2, 0) is 4.74 Å². The molecule has 1 aromatic rings. The Hall–Kier alpha value is -0.680. The lowest BCUT2D eigenvalue weighted by Gasteiger charge is -2.08. The zero-order chi connectivity index (χ0) is 12.3. The highest BCUT2D eigenvalue weighted by Crippen LogP contribution is 2.25. The second kappa shape index (κ2) is 5.59. The first-order chi connectivity index (χ1) is 7.49. The van der Waals surface area contributed by atoms with Gasteiger partial charge in [0.1, 0.15) is 0 Å². The van der Waals surface area contributed by atoms with Crippen molar-refractivity contribution in [2.75, 3.05) is 7.11 Å². The predicted molar refractivity (Wildman–Crippen MR) is 68.2 cm³/mol. The summed E-state index contributed by atoms with van der Waals surface area (Å²) in [7, 11) is 1.30. The van der Waals surface area contributed by atoms with Crippen LogP contribution in [0.5, 0.6) is 0 Å². The number of benzene rings is 1. The van der Waals surface area contributed by atoms with Crippen LogP contribution >= 0.6 is 31.9 Å². The molecular formula is C11H10Br2O3. The second-order valence-electron chi connectivity index (χ2n) is 3.14. The normalized spacial score (nSPS) is 12.0. The number of hydrogen-bond acceptors (Lipinski definition) is 3. The molecule has 3 nitrogen and oxygen atoms in total. The molecule has 0 aliphatic carbocycles. The summed E-state index contributed by atoms with van der Waals surface area (Å²) >= 11 is 6.45. The number of ether oxygens (including phenoxy) is 1. The van der Waals surface area contributed by atoms with Gasteiger partial charge in [0.25, 0.3) is 0 Å². The van der Waals surface area contributed by atoms with Gasteiger partial charge in [-0.05, 0) is 28.9 Å². The Labute approximate surface area is 110 Å². The van der Waals surface area contributed by atoms with Crippen molar-refractivity contribution < 1.29 is 14.3 Å². The van der Waals surface area contributed by atoms with Crippen molar-refractivity contribution in [2.45, 2.75) is 11.8 Å². The van der Waals surface area contributed by atoms with Crippen LogP contribution in [0.25, 0.3) is 0 Å². The van der Waals surface area contributed by atoms with Crippen LogP contribution in [0.1, 0.15) is 27.6 Å². The van der Waals surface area contributed by atoms with Crippen LogP contribution in [0, 0.1) is 0 Å². The molecule has 0 bridgehead atoms. The van der Waals surface area contributed by atoms with Gasteiger partial charge in [-0.3, -0.25) is 4.79 Å². The van der Waals surface area contributed by atoms with Crippen molar-refractivity contribution in [3.63, 3.8) is 0 Å². The van der Waals surface area contributed by atoms with E-state index in [0.29, 0.717) is 15.6 Å². The average Bonchev–Trinajstić information content (AvgIpc) is 2.27. The molecule has 0 aliphatic rings. The Morgan fingerprint density at radius 3 is 2.38 bits per heavy atom. The molecule has 1 atom stereocenters. The molecule has 0 saturated carbocycles. The number of halogens is 2. The SMILES string of the molecule is COC(=O)c1cccc(C(=O)C(C)Br)c1Br. The largest absolute Gasteiger partial charge is 0.465 e. The Kier molecular flexibility index (Phi) is 4.68. The molecule has 5 heteroatoms. The molecule has 0 aromatic heterocycles. The van der Waals surface area contributed by atoms with E-state index in [1.54, 1.807) is 25.1 Å². The Balaban J connectivity index is 3.24. The van der Waals surface area contributed by atoms with Crippen molar-refractivity contribution in [2.24, 2.45) is 0 Å². The number of carbonyl (C=O) groups is 2. The molecule has 86 valence electrons. The van der Waals surface area contributed by atoms with Gasteiger partial charge in [-0.1, -0.05) is 28.1 Å². The first kappa shape index (κ1) is 13.4. The van der Waals surface area contributed by atoms with Crippen molar-refractivity contribution in [3.05, 3.63) is 33.8 Å². The molecule has 0 amide bonds. The van der Waals surface area contributed by atoms with E-state index in [-0.39, 0.29) is 10.6 Å². The van der Waals surface area contributed by atoms with E-state index in [2.05, 4.69) is 36.6 Å². The Morgan fingerprint density at radius 1 is 1.31 bits per heavy atom. The number of hydrogen-bond donors (Lipinski definition) is 0. The molecule has 0 aliphatic heterocycles. The maximum absolute atomic E-state index is 11.8. The summed E-state index contributed by atoms with van der Waals surface area (Å²) < 4.78 is 5.09. The van der Waals surface area contributed by atoms with Crippen molar-refractivity contribution in [3.8, 4) is 0 Å². The molecule has 0 spiro atoms. The lowest BCUT2D eigenvalue weighted by molar-refractivity contribution is 0.0599. The van der Waals surface area contributed by atoms with E-state index < -0.39 is 5.97 Å². The van der Waals surface area contributed by atoms with E-state index in [1.165, 1.54) is 7.11 Å². The molecule has 0 N–H and O–H groups in total. The zero-order valence-corrected chi connectivity index (χ0v) is 12.0. The van der Waals surface area contributed by atoms with Gasteiger partial charge in [0.05, 0.1) is 17.5 Å². The van der Waals surface area contributed by atoms with Crippen LogP contribution in [-0.4, -0.2) is 23.7 Å². The molecule has 1 aromatic carbocycles. The molecule has 1 unspecified atom stereocenters. The highest BCUT2D eigenvalue weighted by atomic mass is 79.9. The molecule has 0 heterocycles. The Morgan fingerprint density at radius 2 is 1.88 bits per heavy atom. The number of alkyl halides is 1. The van der Waals surface area contributed by atoms with Crippen LogP contribution in [0.15, 0.2) is 22.7 Å². The third-order valence-electron chi connectivity index (χ3n) is 2.03. The first-order valence-electron chi connectivity index (χ1n) is 4.54. The minimum atomic E-state index is -0.469. The molecule has 1 rings (SSSR count). The van der Waals surface area contributed by atoms with E-state index in [1.807, 2.05) is 0 Å². The molecule has 0 saturated heterocycles. The quantitative estimate of drug-likeness (QED) is 0.478. The summed E-state index contributed by atoms with van der Waals surface area (Å²) in [6.07, 6.45) is 0. The molecular weight excluding hydrogens is 340 g/mol. The smallest absolute Gasteiger partial charge is 0.339 e. The van der Waals surface area contributed by atoms with Gasteiger partial charge < -0.3 is 4.74 Å². The van der Waals surface area contributed by atoms with Crippen LogP contribution in [0.3, 0.4) is 0 Å². The van der Waals surface area contributed by atoms with Crippen molar-refractivity contribution >= 4 is 43.6 Å². The maximum Gasteiger partial charge on any atom is 0.339 e.